The van der Waals surface area contributed by atoms with E-state index in [0.29, 0.717) is 16.3 Å². The third-order valence-electron chi connectivity index (χ3n) is 4.96. The summed E-state index contributed by atoms with van der Waals surface area (Å²) in [7, 11) is 3.13. The smallest absolute Gasteiger partial charge is 0.359 e. The molecule has 4 rings (SSSR count). The van der Waals surface area contributed by atoms with Gasteiger partial charge in [0.2, 0.25) is 5.91 Å². The number of carbonyl (C=O) groups excluding carboxylic acids is 3. The van der Waals surface area contributed by atoms with Gasteiger partial charge < -0.3 is 9.64 Å². The van der Waals surface area contributed by atoms with Gasteiger partial charge in [0.05, 0.1) is 11.8 Å². The predicted molar refractivity (Wildman–Crippen MR) is 105 cm³/mol. The highest BCUT2D eigenvalue weighted by molar-refractivity contribution is 6.05. The van der Waals surface area contributed by atoms with E-state index in [1.807, 2.05) is 0 Å². The molecule has 1 aliphatic heterocycles. The van der Waals surface area contributed by atoms with E-state index < -0.39 is 18.4 Å². The van der Waals surface area contributed by atoms with Gasteiger partial charge in [-0.1, -0.05) is 18.2 Å². The van der Waals surface area contributed by atoms with Crippen molar-refractivity contribution in [2.75, 3.05) is 18.6 Å². The molecule has 0 bridgehead atoms. The zero-order valence-corrected chi connectivity index (χ0v) is 15.8. The Kier molecular flexibility index (Phi) is 4.46. The van der Waals surface area contributed by atoms with E-state index in [1.165, 1.54) is 7.05 Å². The quantitative estimate of drug-likeness (QED) is 0.494. The molecule has 146 valence electrons. The molecule has 0 saturated carbocycles. The minimum Gasteiger partial charge on any atom is -0.452 e. The zero-order valence-electron chi connectivity index (χ0n) is 15.8. The van der Waals surface area contributed by atoms with Crippen molar-refractivity contribution in [3.05, 3.63) is 69.6 Å². The molecule has 2 heterocycles. The summed E-state index contributed by atoms with van der Waals surface area (Å²) in [5.41, 5.74) is 1.53. The Morgan fingerprint density at radius 2 is 1.79 bits per heavy atom. The van der Waals surface area contributed by atoms with Gasteiger partial charge in [-0.25, -0.2) is 9.48 Å². The summed E-state index contributed by atoms with van der Waals surface area (Å²) >= 11 is 0. The van der Waals surface area contributed by atoms with E-state index in [0.717, 1.165) is 15.9 Å². The van der Waals surface area contributed by atoms with Crippen molar-refractivity contribution in [3.63, 3.8) is 0 Å². The summed E-state index contributed by atoms with van der Waals surface area (Å²) in [6.45, 7) is -0.472. The van der Waals surface area contributed by atoms with Gasteiger partial charge in [-0.05, 0) is 29.8 Å². The highest BCUT2D eigenvalue weighted by Gasteiger charge is 2.25. The molecule has 0 atom stereocenters. The van der Waals surface area contributed by atoms with Crippen LogP contribution in [-0.2, 0) is 23.0 Å². The molecule has 0 N–H and O–H groups in total. The van der Waals surface area contributed by atoms with Crippen LogP contribution in [0.15, 0.2) is 47.3 Å². The molecular weight excluding hydrogens is 374 g/mol. The molecular formula is C21H17N3O5. The van der Waals surface area contributed by atoms with E-state index in [1.54, 1.807) is 54.4 Å². The summed E-state index contributed by atoms with van der Waals surface area (Å²) in [6, 6.07) is 11.5. The van der Waals surface area contributed by atoms with Crippen molar-refractivity contribution in [3.8, 4) is 0 Å². The Bertz CT molecular complexity index is 1240. The van der Waals surface area contributed by atoms with E-state index >= 15 is 0 Å². The van der Waals surface area contributed by atoms with Crippen LogP contribution in [0.1, 0.15) is 26.4 Å². The fourth-order valence-corrected chi connectivity index (χ4v) is 3.38. The number of likely N-dealkylation sites (N-methyl/N-ethyl adjacent to an activating group) is 1. The Hall–Kier alpha value is -3.81. The first-order chi connectivity index (χ1) is 13.9. The second-order valence-corrected chi connectivity index (χ2v) is 6.80. The van der Waals surface area contributed by atoms with Crippen molar-refractivity contribution in [1.82, 2.24) is 9.78 Å². The van der Waals surface area contributed by atoms with Gasteiger partial charge in [0.25, 0.3) is 5.56 Å². The molecule has 0 unspecified atom stereocenters. The topological polar surface area (TPSA) is 98.6 Å². The highest BCUT2D eigenvalue weighted by atomic mass is 16.5. The van der Waals surface area contributed by atoms with Gasteiger partial charge in [0.1, 0.15) is 0 Å². The van der Waals surface area contributed by atoms with Crippen molar-refractivity contribution in [2.24, 2.45) is 7.05 Å². The lowest BCUT2D eigenvalue weighted by Crippen LogP contribution is -2.24. The largest absolute Gasteiger partial charge is 0.452 e. The lowest BCUT2D eigenvalue weighted by molar-refractivity contribution is -0.117. The number of aryl methyl sites for hydroxylation is 1. The molecule has 0 aliphatic carbocycles. The molecule has 1 aromatic heterocycles. The van der Waals surface area contributed by atoms with Crippen LogP contribution in [0.5, 0.6) is 0 Å². The van der Waals surface area contributed by atoms with Crippen LogP contribution in [-0.4, -0.2) is 41.1 Å². The summed E-state index contributed by atoms with van der Waals surface area (Å²) < 4.78 is 6.23. The number of benzene rings is 2. The number of hydrogen-bond donors (Lipinski definition) is 0. The first-order valence-electron chi connectivity index (χ1n) is 8.92. The molecule has 3 aromatic rings. The summed E-state index contributed by atoms with van der Waals surface area (Å²) in [6.07, 6.45) is 0.237. The lowest BCUT2D eigenvalue weighted by atomic mass is 10.1. The SMILES string of the molecule is CN1C(=O)Cc2cc(C(=O)COC(=O)c3nn(C)c(=O)c4ccccc34)ccc21. The van der Waals surface area contributed by atoms with Crippen LogP contribution in [0.25, 0.3) is 10.8 Å². The van der Waals surface area contributed by atoms with Crippen molar-refractivity contribution in [1.29, 1.82) is 0 Å². The normalized spacial score (nSPS) is 12.9. The number of ketones is 1. The molecule has 8 heteroatoms. The van der Waals surface area contributed by atoms with Crippen LogP contribution < -0.4 is 10.5 Å². The average Bonchev–Trinajstić information content (AvgIpc) is 3.01. The predicted octanol–water partition coefficient (Wildman–Crippen LogP) is 1.49. The fraction of sp³-hybridized carbons (Fsp3) is 0.190. The van der Waals surface area contributed by atoms with Crippen LogP contribution >= 0.6 is 0 Å². The van der Waals surface area contributed by atoms with Crippen molar-refractivity contribution < 1.29 is 19.1 Å². The number of hydrogen-bond acceptors (Lipinski definition) is 6. The van der Waals surface area contributed by atoms with Gasteiger partial charge >= 0.3 is 5.97 Å². The molecule has 1 amide bonds. The van der Waals surface area contributed by atoms with Gasteiger partial charge in [-0.3, -0.25) is 14.4 Å². The van der Waals surface area contributed by atoms with E-state index in [2.05, 4.69) is 5.10 Å². The number of amides is 1. The van der Waals surface area contributed by atoms with Gasteiger partial charge in [-0.15, -0.1) is 0 Å². The van der Waals surface area contributed by atoms with Gasteiger partial charge in [-0.2, -0.15) is 5.10 Å². The van der Waals surface area contributed by atoms with Gasteiger partial charge in [0.15, 0.2) is 18.1 Å². The van der Waals surface area contributed by atoms with E-state index in [4.69, 9.17) is 4.74 Å². The van der Waals surface area contributed by atoms with Crippen molar-refractivity contribution in [2.45, 2.75) is 6.42 Å². The minimum atomic E-state index is -0.791. The molecule has 0 fully saturated rings. The molecule has 0 saturated heterocycles. The summed E-state index contributed by atoms with van der Waals surface area (Å²) in [5.74, 6) is -1.22. The van der Waals surface area contributed by atoms with Gasteiger partial charge in [0, 0.05) is 30.7 Å². The molecule has 0 spiro atoms. The maximum Gasteiger partial charge on any atom is 0.359 e. The Morgan fingerprint density at radius 1 is 1.07 bits per heavy atom. The van der Waals surface area contributed by atoms with E-state index in [-0.39, 0.29) is 23.6 Å². The second kappa shape index (κ2) is 6.97. The third-order valence-corrected chi connectivity index (χ3v) is 4.96. The molecule has 1 aliphatic rings. The number of ether oxygens (including phenoxy) is 1. The molecule has 0 radical (unpaired) electrons. The monoisotopic (exact) mass is 391 g/mol. The number of anilines is 1. The number of fused-ring (bicyclic) bond motifs is 2. The Labute approximate surface area is 165 Å². The number of nitrogens with zero attached hydrogens (tertiary/aromatic N) is 3. The molecule has 29 heavy (non-hydrogen) atoms. The number of aromatic nitrogens is 2. The van der Waals surface area contributed by atoms with E-state index in [9.17, 15) is 19.2 Å². The maximum atomic E-state index is 12.5. The Balaban J connectivity index is 1.54. The molecule has 2 aromatic carbocycles. The van der Waals surface area contributed by atoms with Crippen LogP contribution in [0.3, 0.4) is 0 Å². The third kappa shape index (κ3) is 3.18. The standard InChI is InChI=1S/C21H17N3O5/c1-23-16-8-7-12(9-13(16)10-18(23)26)17(25)11-29-21(28)19-14-5-3-4-6-15(14)20(27)24(2)22-19/h3-9H,10-11H2,1-2H3. The van der Waals surface area contributed by atoms with Crippen molar-refractivity contribution >= 4 is 34.1 Å². The highest BCUT2D eigenvalue weighted by Crippen LogP contribution is 2.28. The number of rotatable bonds is 4. The number of esters is 1. The first kappa shape index (κ1) is 18.5. The number of carbonyl (C=O) groups is 3. The number of Topliss-reactive ketones (excluding diaryl/α,β-unsaturated/α-hetero) is 1. The van der Waals surface area contributed by atoms with Crippen LogP contribution in [0.2, 0.25) is 0 Å². The lowest BCUT2D eigenvalue weighted by Gasteiger charge is -2.10. The zero-order chi connectivity index (χ0) is 20.7. The van der Waals surface area contributed by atoms with Crippen LogP contribution in [0.4, 0.5) is 5.69 Å². The Morgan fingerprint density at radius 3 is 2.55 bits per heavy atom. The fourth-order valence-electron chi connectivity index (χ4n) is 3.38. The second-order valence-electron chi connectivity index (χ2n) is 6.80. The maximum absolute atomic E-state index is 12.5. The van der Waals surface area contributed by atoms with Crippen LogP contribution in [0, 0.1) is 0 Å². The summed E-state index contributed by atoms with van der Waals surface area (Å²) in [4.78, 5) is 50.5. The average molecular weight is 391 g/mol. The first-order valence-corrected chi connectivity index (χ1v) is 8.92. The minimum absolute atomic E-state index is 0.0309. The summed E-state index contributed by atoms with van der Waals surface area (Å²) in [5, 5.41) is 4.70. The molecule has 8 nitrogen and oxygen atoms in total.